The molecular formula is C13H17N3. The van der Waals surface area contributed by atoms with Gasteiger partial charge in [-0.2, -0.15) is 0 Å². The molecule has 0 aromatic carbocycles. The fourth-order valence-electron chi connectivity index (χ4n) is 2.54. The van der Waals surface area contributed by atoms with Gasteiger partial charge < -0.3 is 9.88 Å². The second kappa shape index (κ2) is 4.26. The van der Waals surface area contributed by atoms with Crippen molar-refractivity contribution in [3.63, 3.8) is 0 Å². The standard InChI is InChI=1S/C13H17N3/c1-3-11(9-14-6-1)10-16-8-5-12-13(16)4-2-7-15-12/h2,4-5,7-8,11,14H,1,3,6,9-10H2. The van der Waals surface area contributed by atoms with E-state index in [1.807, 2.05) is 12.3 Å². The predicted octanol–water partition coefficient (Wildman–Crippen LogP) is 2.04. The van der Waals surface area contributed by atoms with Gasteiger partial charge in [0.2, 0.25) is 0 Å². The van der Waals surface area contributed by atoms with Crippen LogP contribution in [0, 0.1) is 5.92 Å². The molecule has 0 radical (unpaired) electrons. The molecule has 2 aromatic rings. The molecular weight excluding hydrogens is 198 g/mol. The Kier molecular flexibility index (Phi) is 2.62. The number of rotatable bonds is 2. The molecule has 0 amide bonds. The summed E-state index contributed by atoms with van der Waals surface area (Å²) >= 11 is 0. The lowest BCUT2D eigenvalue weighted by Gasteiger charge is -2.23. The van der Waals surface area contributed by atoms with Crippen LogP contribution in [0.3, 0.4) is 0 Å². The summed E-state index contributed by atoms with van der Waals surface area (Å²) in [6.07, 6.45) is 6.66. The van der Waals surface area contributed by atoms with E-state index in [2.05, 4.69) is 33.2 Å². The molecule has 1 fully saturated rings. The van der Waals surface area contributed by atoms with Crippen molar-refractivity contribution >= 4 is 11.0 Å². The highest BCUT2D eigenvalue weighted by molar-refractivity contribution is 5.75. The van der Waals surface area contributed by atoms with Gasteiger partial charge in [0.15, 0.2) is 0 Å². The third kappa shape index (κ3) is 1.83. The van der Waals surface area contributed by atoms with Crippen LogP contribution in [0.15, 0.2) is 30.6 Å². The maximum Gasteiger partial charge on any atom is 0.0880 e. The predicted molar refractivity (Wildman–Crippen MR) is 65.3 cm³/mol. The maximum atomic E-state index is 4.36. The highest BCUT2D eigenvalue weighted by Crippen LogP contribution is 2.17. The van der Waals surface area contributed by atoms with Gasteiger partial charge in [-0.15, -0.1) is 0 Å². The number of fused-ring (bicyclic) bond motifs is 1. The van der Waals surface area contributed by atoms with Crippen molar-refractivity contribution in [2.45, 2.75) is 19.4 Å². The summed E-state index contributed by atoms with van der Waals surface area (Å²) < 4.78 is 2.33. The fourth-order valence-corrected chi connectivity index (χ4v) is 2.54. The zero-order valence-electron chi connectivity index (χ0n) is 9.39. The molecule has 0 saturated carbocycles. The van der Waals surface area contributed by atoms with Gasteiger partial charge >= 0.3 is 0 Å². The van der Waals surface area contributed by atoms with E-state index in [-0.39, 0.29) is 0 Å². The molecule has 3 heteroatoms. The van der Waals surface area contributed by atoms with Gasteiger partial charge in [0, 0.05) is 18.9 Å². The van der Waals surface area contributed by atoms with Crippen molar-refractivity contribution in [3.05, 3.63) is 30.6 Å². The van der Waals surface area contributed by atoms with Crippen LogP contribution in [0.1, 0.15) is 12.8 Å². The number of hydrogen-bond acceptors (Lipinski definition) is 2. The molecule has 1 N–H and O–H groups in total. The lowest BCUT2D eigenvalue weighted by atomic mass is 10.00. The van der Waals surface area contributed by atoms with Gasteiger partial charge in [-0.05, 0) is 50.0 Å². The summed E-state index contributed by atoms with van der Waals surface area (Å²) in [6, 6.07) is 6.27. The third-order valence-corrected chi connectivity index (χ3v) is 3.39. The molecule has 0 aliphatic carbocycles. The zero-order chi connectivity index (χ0) is 10.8. The monoisotopic (exact) mass is 215 g/mol. The van der Waals surface area contributed by atoms with Crippen LogP contribution in [0.4, 0.5) is 0 Å². The average Bonchev–Trinajstić information content (AvgIpc) is 2.74. The molecule has 3 rings (SSSR count). The molecule has 1 aliphatic heterocycles. The normalized spacial score (nSPS) is 21.4. The Balaban J connectivity index is 1.83. The average molecular weight is 215 g/mol. The van der Waals surface area contributed by atoms with E-state index in [1.54, 1.807) is 0 Å². The molecule has 3 heterocycles. The first-order chi connectivity index (χ1) is 7.93. The van der Waals surface area contributed by atoms with Crippen molar-refractivity contribution in [2.75, 3.05) is 13.1 Å². The van der Waals surface area contributed by atoms with Crippen LogP contribution in [-0.4, -0.2) is 22.6 Å². The lowest BCUT2D eigenvalue weighted by molar-refractivity contribution is 0.341. The van der Waals surface area contributed by atoms with Crippen LogP contribution < -0.4 is 5.32 Å². The Morgan fingerprint density at radius 2 is 2.44 bits per heavy atom. The Morgan fingerprint density at radius 3 is 3.31 bits per heavy atom. The molecule has 3 nitrogen and oxygen atoms in total. The molecule has 1 unspecified atom stereocenters. The van der Waals surface area contributed by atoms with E-state index >= 15 is 0 Å². The van der Waals surface area contributed by atoms with E-state index in [4.69, 9.17) is 0 Å². The second-order valence-electron chi connectivity index (χ2n) is 4.59. The minimum absolute atomic E-state index is 0.768. The highest BCUT2D eigenvalue weighted by atomic mass is 15.0. The fraction of sp³-hybridized carbons (Fsp3) is 0.462. The van der Waals surface area contributed by atoms with Crippen molar-refractivity contribution in [1.82, 2.24) is 14.9 Å². The summed E-state index contributed by atoms with van der Waals surface area (Å²) in [5.41, 5.74) is 2.36. The number of nitrogens with zero attached hydrogens (tertiary/aromatic N) is 2. The summed E-state index contributed by atoms with van der Waals surface area (Å²) in [6.45, 7) is 3.45. The molecule has 1 atom stereocenters. The smallest absolute Gasteiger partial charge is 0.0880 e. The van der Waals surface area contributed by atoms with Crippen molar-refractivity contribution < 1.29 is 0 Å². The van der Waals surface area contributed by atoms with E-state index in [0.717, 1.165) is 24.5 Å². The van der Waals surface area contributed by atoms with Gasteiger partial charge in [-0.25, -0.2) is 0 Å². The molecule has 0 bridgehead atoms. The second-order valence-corrected chi connectivity index (χ2v) is 4.59. The van der Waals surface area contributed by atoms with E-state index in [1.165, 1.54) is 24.9 Å². The molecule has 2 aromatic heterocycles. The van der Waals surface area contributed by atoms with Gasteiger partial charge in [0.25, 0.3) is 0 Å². The summed E-state index contributed by atoms with van der Waals surface area (Å²) in [5, 5.41) is 3.47. The lowest BCUT2D eigenvalue weighted by Crippen LogP contribution is -2.32. The number of aromatic nitrogens is 2. The zero-order valence-corrected chi connectivity index (χ0v) is 9.39. The first kappa shape index (κ1) is 9.85. The van der Waals surface area contributed by atoms with Crippen molar-refractivity contribution in [3.8, 4) is 0 Å². The third-order valence-electron chi connectivity index (χ3n) is 3.39. The summed E-state index contributed by atoms with van der Waals surface area (Å²) in [4.78, 5) is 4.36. The molecule has 0 spiro atoms. The Labute approximate surface area is 95.5 Å². The van der Waals surface area contributed by atoms with Crippen LogP contribution in [0.25, 0.3) is 11.0 Å². The van der Waals surface area contributed by atoms with Gasteiger partial charge in [0.05, 0.1) is 11.0 Å². The van der Waals surface area contributed by atoms with E-state index < -0.39 is 0 Å². The molecule has 1 aliphatic rings. The van der Waals surface area contributed by atoms with Gasteiger partial charge in [-0.1, -0.05) is 0 Å². The largest absolute Gasteiger partial charge is 0.346 e. The first-order valence-electron chi connectivity index (χ1n) is 6.04. The SMILES string of the molecule is c1cnc2ccn(CC3CCCNC3)c2c1. The quantitative estimate of drug-likeness (QED) is 0.830. The number of pyridine rings is 1. The minimum Gasteiger partial charge on any atom is -0.346 e. The Morgan fingerprint density at radius 1 is 1.44 bits per heavy atom. The Hall–Kier alpha value is -1.35. The first-order valence-corrected chi connectivity index (χ1v) is 6.04. The topological polar surface area (TPSA) is 29.9 Å². The number of nitrogens with one attached hydrogen (secondary N) is 1. The van der Waals surface area contributed by atoms with Crippen molar-refractivity contribution in [1.29, 1.82) is 0 Å². The molecule has 84 valence electrons. The van der Waals surface area contributed by atoms with Crippen LogP contribution in [0.5, 0.6) is 0 Å². The molecule has 1 saturated heterocycles. The van der Waals surface area contributed by atoms with Crippen LogP contribution in [0.2, 0.25) is 0 Å². The van der Waals surface area contributed by atoms with E-state index in [0.29, 0.717) is 0 Å². The number of piperidine rings is 1. The van der Waals surface area contributed by atoms with Crippen LogP contribution >= 0.6 is 0 Å². The molecule has 16 heavy (non-hydrogen) atoms. The van der Waals surface area contributed by atoms with Crippen molar-refractivity contribution in [2.24, 2.45) is 5.92 Å². The summed E-state index contributed by atoms with van der Waals surface area (Å²) in [5.74, 6) is 0.768. The highest BCUT2D eigenvalue weighted by Gasteiger charge is 2.14. The van der Waals surface area contributed by atoms with Crippen LogP contribution in [-0.2, 0) is 6.54 Å². The number of hydrogen-bond donors (Lipinski definition) is 1. The minimum atomic E-state index is 0.768. The Bertz CT molecular complexity index is 469. The van der Waals surface area contributed by atoms with Gasteiger partial charge in [0.1, 0.15) is 0 Å². The van der Waals surface area contributed by atoms with E-state index in [9.17, 15) is 0 Å². The maximum absolute atomic E-state index is 4.36. The van der Waals surface area contributed by atoms with Gasteiger partial charge in [-0.3, -0.25) is 4.98 Å². The summed E-state index contributed by atoms with van der Waals surface area (Å²) in [7, 11) is 0.